The maximum absolute atomic E-state index is 11.8. The number of aliphatic hydroxyl groups excluding tert-OH is 1. The van der Waals surface area contributed by atoms with E-state index in [4.69, 9.17) is 14.2 Å². The molecule has 0 amide bonds. The minimum absolute atomic E-state index is 0.0963. The maximum Gasteiger partial charge on any atom is 0.334 e. The molecule has 7 heteroatoms. The standard InChI is InChI=1S/C18H26O7/c1-8-4-5-11-13(16(21)22)7-23-17(14(8)11)25-18-15(20)12(10(3)19)6-9(2)24-18/h7-9,11-12,14-15,17-18,20H,4-6H2,1-3H3,(H,21,22)/t8-,9+,11+,12+,14+,15+,17-,18-/m0/s1. The number of carbonyl (C=O) groups excluding carboxylic acids is 1. The fourth-order valence-corrected chi connectivity index (χ4v) is 4.40. The number of aliphatic hydroxyl groups is 1. The van der Waals surface area contributed by atoms with E-state index in [2.05, 4.69) is 0 Å². The first-order valence-electron chi connectivity index (χ1n) is 8.87. The van der Waals surface area contributed by atoms with Gasteiger partial charge in [-0.3, -0.25) is 4.79 Å². The maximum atomic E-state index is 11.8. The van der Waals surface area contributed by atoms with Crippen molar-refractivity contribution >= 4 is 11.8 Å². The van der Waals surface area contributed by atoms with Crippen LogP contribution in [-0.4, -0.2) is 46.8 Å². The average molecular weight is 354 g/mol. The Morgan fingerprint density at radius 3 is 2.60 bits per heavy atom. The lowest BCUT2D eigenvalue weighted by molar-refractivity contribution is -0.312. The molecule has 2 N–H and O–H groups in total. The molecule has 1 saturated carbocycles. The first-order chi connectivity index (χ1) is 11.8. The van der Waals surface area contributed by atoms with Gasteiger partial charge in [0.2, 0.25) is 6.29 Å². The van der Waals surface area contributed by atoms with Gasteiger partial charge in [0.05, 0.1) is 23.9 Å². The zero-order valence-corrected chi connectivity index (χ0v) is 14.8. The topological polar surface area (TPSA) is 102 Å². The van der Waals surface area contributed by atoms with Gasteiger partial charge in [0, 0.05) is 11.8 Å². The van der Waals surface area contributed by atoms with Gasteiger partial charge in [-0.05, 0) is 39.0 Å². The predicted molar refractivity (Wildman–Crippen MR) is 86.2 cm³/mol. The normalized spacial score (nSPS) is 43.8. The average Bonchev–Trinajstić information content (AvgIpc) is 2.92. The largest absolute Gasteiger partial charge is 0.478 e. The van der Waals surface area contributed by atoms with Crippen molar-refractivity contribution in [1.29, 1.82) is 0 Å². The molecule has 7 nitrogen and oxygen atoms in total. The van der Waals surface area contributed by atoms with Gasteiger partial charge in [-0.1, -0.05) is 6.92 Å². The Bertz CT molecular complexity index is 572. The van der Waals surface area contributed by atoms with Gasteiger partial charge < -0.3 is 24.4 Å². The zero-order valence-electron chi connectivity index (χ0n) is 14.8. The van der Waals surface area contributed by atoms with E-state index in [9.17, 15) is 19.8 Å². The summed E-state index contributed by atoms with van der Waals surface area (Å²) < 4.78 is 17.2. The van der Waals surface area contributed by atoms with Gasteiger partial charge in [0.15, 0.2) is 6.29 Å². The molecule has 0 bridgehead atoms. The smallest absolute Gasteiger partial charge is 0.334 e. The number of hydrogen-bond acceptors (Lipinski definition) is 6. The molecule has 0 aromatic heterocycles. The molecule has 140 valence electrons. The molecule has 3 aliphatic rings. The molecule has 25 heavy (non-hydrogen) atoms. The van der Waals surface area contributed by atoms with E-state index >= 15 is 0 Å². The van der Waals surface area contributed by atoms with Crippen LogP contribution in [0.15, 0.2) is 11.8 Å². The summed E-state index contributed by atoms with van der Waals surface area (Å²) in [4.78, 5) is 23.2. The summed E-state index contributed by atoms with van der Waals surface area (Å²) in [5.41, 5.74) is 0.272. The van der Waals surface area contributed by atoms with E-state index in [1.165, 1.54) is 13.2 Å². The number of hydrogen-bond donors (Lipinski definition) is 2. The van der Waals surface area contributed by atoms with Crippen LogP contribution in [0.3, 0.4) is 0 Å². The van der Waals surface area contributed by atoms with Crippen molar-refractivity contribution in [2.75, 3.05) is 0 Å². The number of Topliss-reactive ketones (excluding diaryl/α,β-unsaturated/α-hetero) is 1. The molecule has 1 saturated heterocycles. The van der Waals surface area contributed by atoms with Gasteiger partial charge in [0.1, 0.15) is 11.9 Å². The lowest BCUT2D eigenvalue weighted by Gasteiger charge is -2.41. The molecule has 2 fully saturated rings. The van der Waals surface area contributed by atoms with Crippen molar-refractivity contribution in [2.45, 2.75) is 64.8 Å². The van der Waals surface area contributed by atoms with Crippen molar-refractivity contribution in [3.8, 4) is 0 Å². The number of aliphatic carboxylic acids is 1. The van der Waals surface area contributed by atoms with Gasteiger partial charge in [-0.2, -0.15) is 0 Å². The summed E-state index contributed by atoms with van der Waals surface area (Å²) >= 11 is 0. The van der Waals surface area contributed by atoms with Crippen molar-refractivity contribution < 1.29 is 34.0 Å². The molecule has 0 unspecified atom stereocenters. The number of ether oxygens (including phenoxy) is 3. The molecular weight excluding hydrogens is 328 g/mol. The number of ketones is 1. The van der Waals surface area contributed by atoms with Crippen LogP contribution >= 0.6 is 0 Å². The second kappa shape index (κ2) is 7.05. The molecule has 0 aromatic carbocycles. The van der Waals surface area contributed by atoms with Crippen LogP contribution in [0.5, 0.6) is 0 Å². The van der Waals surface area contributed by atoms with E-state index in [0.717, 1.165) is 12.8 Å². The minimum atomic E-state index is -1.06. The van der Waals surface area contributed by atoms with Crippen molar-refractivity contribution in [1.82, 2.24) is 0 Å². The highest BCUT2D eigenvalue weighted by molar-refractivity contribution is 5.87. The monoisotopic (exact) mass is 354 g/mol. The fourth-order valence-electron chi connectivity index (χ4n) is 4.40. The summed E-state index contributed by atoms with van der Waals surface area (Å²) in [5, 5.41) is 19.8. The van der Waals surface area contributed by atoms with E-state index < -0.39 is 30.6 Å². The Hall–Kier alpha value is -1.44. The first-order valence-corrected chi connectivity index (χ1v) is 8.87. The summed E-state index contributed by atoms with van der Waals surface area (Å²) in [7, 11) is 0. The summed E-state index contributed by atoms with van der Waals surface area (Å²) in [5.74, 6) is -1.60. The second-order valence-electron chi connectivity index (χ2n) is 7.52. The van der Waals surface area contributed by atoms with Crippen molar-refractivity contribution in [3.05, 3.63) is 11.8 Å². The van der Waals surface area contributed by atoms with Crippen LogP contribution < -0.4 is 0 Å². The molecule has 8 atom stereocenters. The number of rotatable bonds is 4. The third-order valence-corrected chi connectivity index (χ3v) is 5.78. The summed E-state index contributed by atoms with van der Waals surface area (Å²) in [6.45, 7) is 5.34. The SMILES string of the molecule is CC(=O)[C@H]1C[C@@H](C)O[C@@H](O[C@@H]2OC=C(C(=O)O)[C@H]3CC[C@H](C)[C@@H]23)[C@@H]1O. The quantitative estimate of drug-likeness (QED) is 0.792. The summed E-state index contributed by atoms with van der Waals surface area (Å²) in [6, 6.07) is 0. The number of carboxylic acids is 1. The van der Waals surface area contributed by atoms with Crippen LogP contribution in [0.2, 0.25) is 0 Å². The Morgan fingerprint density at radius 2 is 1.96 bits per heavy atom. The van der Waals surface area contributed by atoms with E-state index in [0.29, 0.717) is 6.42 Å². The third-order valence-electron chi connectivity index (χ3n) is 5.78. The molecule has 2 heterocycles. The van der Waals surface area contributed by atoms with Crippen LogP contribution in [0, 0.1) is 23.7 Å². The van der Waals surface area contributed by atoms with Crippen LogP contribution in [0.25, 0.3) is 0 Å². The van der Waals surface area contributed by atoms with E-state index in [1.807, 2.05) is 13.8 Å². The molecular formula is C18H26O7. The Balaban J connectivity index is 1.77. The van der Waals surface area contributed by atoms with Gasteiger partial charge in [-0.15, -0.1) is 0 Å². The van der Waals surface area contributed by atoms with E-state index in [-0.39, 0.29) is 35.2 Å². The fraction of sp³-hybridized carbons (Fsp3) is 0.778. The van der Waals surface area contributed by atoms with Crippen LogP contribution in [-0.2, 0) is 23.8 Å². The number of carbonyl (C=O) groups is 2. The lowest BCUT2D eigenvalue weighted by Crippen LogP contribution is -2.51. The van der Waals surface area contributed by atoms with E-state index in [1.54, 1.807) is 0 Å². The molecule has 0 radical (unpaired) electrons. The van der Waals surface area contributed by atoms with Gasteiger partial charge >= 0.3 is 5.97 Å². The number of fused-ring (bicyclic) bond motifs is 1. The second-order valence-corrected chi connectivity index (χ2v) is 7.52. The van der Waals surface area contributed by atoms with Crippen molar-refractivity contribution in [2.24, 2.45) is 23.7 Å². The molecule has 3 rings (SSSR count). The Kier molecular flexibility index (Phi) is 5.18. The Labute approximate surface area is 146 Å². The highest BCUT2D eigenvalue weighted by Crippen LogP contribution is 2.47. The molecule has 2 aliphatic heterocycles. The zero-order chi connectivity index (χ0) is 18.3. The molecule has 0 spiro atoms. The van der Waals surface area contributed by atoms with Crippen LogP contribution in [0.1, 0.15) is 40.0 Å². The predicted octanol–water partition coefficient (Wildman–Crippen LogP) is 1.69. The first kappa shape index (κ1) is 18.4. The Morgan fingerprint density at radius 1 is 1.24 bits per heavy atom. The minimum Gasteiger partial charge on any atom is -0.478 e. The van der Waals surface area contributed by atoms with Gasteiger partial charge in [-0.25, -0.2) is 4.79 Å². The van der Waals surface area contributed by atoms with Crippen molar-refractivity contribution in [3.63, 3.8) is 0 Å². The number of carboxylic acid groups (broad SMARTS) is 1. The highest BCUT2D eigenvalue weighted by atomic mass is 16.8. The lowest BCUT2D eigenvalue weighted by atomic mass is 9.83. The molecule has 1 aliphatic carbocycles. The van der Waals surface area contributed by atoms with Crippen LogP contribution in [0.4, 0.5) is 0 Å². The van der Waals surface area contributed by atoms with Gasteiger partial charge in [0.25, 0.3) is 0 Å². The molecule has 0 aromatic rings. The highest BCUT2D eigenvalue weighted by Gasteiger charge is 2.49. The summed E-state index contributed by atoms with van der Waals surface area (Å²) in [6.07, 6.45) is 0.446. The third kappa shape index (κ3) is 3.45.